The summed E-state index contributed by atoms with van der Waals surface area (Å²) in [6, 6.07) is 1.60. The Bertz CT molecular complexity index is 652. The molecule has 0 unspecified atom stereocenters. The van der Waals surface area contributed by atoms with E-state index < -0.39 is 0 Å². The second-order valence-electron chi connectivity index (χ2n) is 7.51. The fourth-order valence-corrected chi connectivity index (χ4v) is 3.90. The summed E-state index contributed by atoms with van der Waals surface area (Å²) in [4.78, 5) is 28.9. The molecule has 1 atom stereocenters. The van der Waals surface area contributed by atoms with Gasteiger partial charge in [0.1, 0.15) is 0 Å². The molecule has 2 saturated heterocycles. The van der Waals surface area contributed by atoms with E-state index in [-0.39, 0.29) is 17.4 Å². The molecule has 0 aromatic carbocycles. The van der Waals surface area contributed by atoms with Crippen molar-refractivity contribution in [2.45, 2.75) is 38.5 Å². The zero-order valence-corrected chi connectivity index (χ0v) is 15.8. The van der Waals surface area contributed by atoms with Crippen molar-refractivity contribution >= 4 is 11.6 Å². The number of carbonyl (C=O) groups is 1. The topological polar surface area (TPSA) is 70.5 Å². The highest BCUT2D eigenvalue weighted by Gasteiger charge is 2.26. The second-order valence-corrected chi connectivity index (χ2v) is 7.51. The van der Waals surface area contributed by atoms with Crippen LogP contribution in [0.25, 0.3) is 0 Å². The highest BCUT2D eigenvalue weighted by Crippen LogP contribution is 2.21. The van der Waals surface area contributed by atoms with Gasteiger partial charge < -0.3 is 15.1 Å². The molecule has 2 aliphatic rings. The largest absolute Gasteiger partial charge is 0.369 e. The van der Waals surface area contributed by atoms with Crippen LogP contribution in [-0.2, 0) is 11.8 Å². The maximum absolute atomic E-state index is 12.6. The van der Waals surface area contributed by atoms with Crippen LogP contribution in [0, 0.1) is 5.92 Å². The third-order valence-corrected chi connectivity index (χ3v) is 5.54. The van der Waals surface area contributed by atoms with Crippen molar-refractivity contribution in [2.75, 3.05) is 44.2 Å². The van der Waals surface area contributed by atoms with Gasteiger partial charge in [-0.15, -0.1) is 0 Å². The van der Waals surface area contributed by atoms with Crippen molar-refractivity contribution in [3.63, 3.8) is 0 Å². The summed E-state index contributed by atoms with van der Waals surface area (Å²) in [6.07, 6.45) is 8.79. The second kappa shape index (κ2) is 9.16. The lowest BCUT2D eigenvalue weighted by molar-refractivity contribution is -0.125. The molecule has 3 rings (SSSR count). The molecule has 0 bridgehead atoms. The molecule has 1 amide bonds. The van der Waals surface area contributed by atoms with Gasteiger partial charge >= 0.3 is 0 Å². The molecule has 7 heteroatoms. The van der Waals surface area contributed by atoms with Crippen LogP contribution in [0.2, 0.25) is 0 Å². The van der Waals surface area contributed by atoms with Crippen LogP contribution in [0.4, 0.5) is 5.69 Å². The van der Waals surface area contributed by atoms with Crippen molar-refractivity contribution in [3.8, 4) is 0 Å². The van der Waals surface area contributed by atoms with Crippen LogP contribution in [-0.4, -0.2) is 59.9 Å². The number of anilines is 1. The molecule has 144 valence electrons. The Morgan fingerprint density at radius 3 is 2.69 bits per heavy atom. The van der Waals surface area contributed by atoms with E-state index in [1.54, 1.807) is 19.3 Å². The zero-order valence-electron chi connectivity index (χ0n) is 15.8. The molecule has 1 N–H and O–H groups in total. The third kappa shape index (κ3) is 5.06. The van der Waals surface area contributed by atoms with Crippen LogP contribution in [0.3, 0.4) is 0 Å². The summed E-state index contributed by atoms with van der Waals surface area (Å²) in [6.45, 7) is 5.51. The summed E-state index contributed by atoms with van der Waals surface area (Å²) in [7, 11) is 1.64. The Morgan fingerprint density at radius 1 is 1.19 bits per heavy atom. The normalized spacial score (nSPS) is 22.0. The number of rotatable bonds is 5. The molecular weight excluding hydrogens is 330 g/mol. The first-order valence-electron chi connectivity index (χ1n) is 9.92. The SMILES string of the molecule is Cn1ncc(N2CCC[C@@H](C(=O)NCCN3CCCCCC3)C2)cc1=O. The Hall–Kier alpha value is -1.89. The van der Waals surface area contributed by atoms with E-state index in [0.29, 0.717) is 6.54 Å². The van der Waals surface area contributed by atoms with Crippen LogP contribution in [0.1, 0.15) is 38.5 Å². The Morgan fingerprint density at radius 2 is 1.96 bits per heavy atom. The minimum atomic E-state index is -0.119. The highest BCUT2D eigenvalue weighted by atomic mass is 16.2. The maximum atomic E-state index is 12.6. The quantitative estimate of drug-likeness (QED) is 0.847. The number of aryl methyl sites for hydroxylation is 1. The van der Waals surface area contributed by atoms with Crippen LogP contribution in [0.5, 0.6) is 0 Å². The molecule has 2 aliphatic heterocycles. The molecule has 0 aliphatic carbocycles. The lowest BCUT2D eigenvalue weighted by Gasteiger charge is -2.33. The number of likely N-dealkylation sites (tertiary alicyclic amines) is 1. The average molecular weight is 361 g/mol. The van der Waals surface area contributed by atoms with Gasteiger partial charge in [0, 0.05) is 39.3 Å². The van der Waals surface area contributed by atoms with Gasteiger partial charge in [0.2, 0.25) is 5.91 Å². The van der Waals surface area contributed by atoms with Crippen molar-refractivity contribution < 1.29 is 4.79 Å². The van der Waals surface area contributed by atoms with Crippen molar-refractivity contribution in [1.82, 2.24) is 20.0 Å². The molecular formula is C19H31N5O2. The molecule has 1 aromatic heterocycles. The average Bonchev–Trinajstić information content (AvgIpc) is 2.93. The first-order valence-corrected chi connectivity index (χ1v) is 9.92. The van der Waals surface area contributed by atoms with E-state index in [1.165, 1.54) is 30.4 Å². The standard InChI is InChI=1S/C19H31N5O2/c1-22-18(25)13-17(14-21-22)24-11-6-7-16(15-24)19(26)20-8-12-23-9-4-2-3-5-10-23/h13-14,16H,2-12,15H2,1H3,(H,20,26)/t16-/m1/s1. The summed E-state index contributed by atoms with van der Waals surface area (Å²) in [5, 5.41) is 7.21. The fourth-order valence-electron chi connectivity index (χ4n) is 3.90. The summed E-state index contributed by atoms with van der Waals surface area (Å²) < 4.78 is 1.32. The first kappa shape index (κ1) is 18.9. The Labute approximate surface area is 155 Å². The number of nitrogens with one attached hydrogen (secondary N) is 1. The minimum Gasteiger partial charge on any atom is -0.369 e. The van der Waals surface area contributed by atoms with Gasteiger partial charge in [-0.25, -0.2) is 4.68 Å². The van der Waals surface area contributed by atoms with Crippen LogP contribution < -0.4 is 15.8 Å². The number of hydrogen-bond acceptors (Lipinski definition) is 5. The summed E-state index contributed by atoms with van der Waals surface area (Å²) >= 11 is 0. The molecule has 0 spiro atoms. The van der Waals surface area contributed by atoms with E-state index >= 15 is 0 Å². The molecule has 3 heterocycles. The first-order chi connectivity index (χ1) is 12.6. The molecule has 26 heavy (non-hydrogen) atoms. The van der Waals surface area contributed by atoms with Crippen molar-refractivity contribution in [2.24, 2.45) is 13.0 Å². The van der Waals surface area contributed by atoms with E-state index in [2.05, 4.69) is 20.2 Å². The van der Waals surface area contributed by atoms with Gasteiger partial charge in [0.25, 0.3) is 5.56 Å². The van der Waals surface area contributed by atoms with Crippen LogP contribution in [0.15, 0.2) is 17.1 Å². The number of piperidine rings is 1. The number of hydrogen-bond donors (Lipinski definition) is 1. The molecule has 7 nitrogen and oxygen atoms in total. The molecule has 2 fully saturated rings. The van der Waals surface area contributed by atoms with Gasteiger partial charge in [0.15, 0.2) is 0 Å². The van der Waals surface area contributed by atoms with Gasteiger partial charge in [-0.3, -0.25) is 9.59 Å². The van der Waals surface area contributed by atoms with Crippen molar-refractivity contribution in [3.05, 3.63) is 22.6 Å². The van der Waals surface area contributed by atoms with E-state index in [1.807, 2.05) is 0 Å². The Balaban J connectivity index is 1.48. The van der Waals surface area contributed by atoms with Gasteiger partial charge in [-0.1, -0.05) is 12.8 Å². The van der Waals surface area contributed by atoms with Gasteiger partial charge in [0.05, 0.1) is 17.8 Å². The van der Waals surface area contributed by atoms with E-state index in [0.717, 1.165) is 51.3 Å². The van der Waals surface area contributed by atoms with Crippen LogP contribution >= 0.6 is 0 Å². The molecule has 1 aromatic rings. The predicted molar refractivity (Wildman–Crippen MR) is 102 cm³/mol. The lowest BCUT2D eigenvalue weighted by Crippen LogP contribution is -2.45. The number of carbonyl (C=O) groups excluding carboxylic acids is 1. The fraction of sp³-hybridized carbons (Fsp3) is 0.737. The predicted octanol–water partition coefficient (Wildman–Crippen LogP) is 0.989. The Kier molecular flexibility index (Phi) is 6.66. The summed E-state index contributed by atoms with van der Waals surface area (Å²) in [5.41, 5.74) is 0.696. The molecule has 0 saturated carbocycles. The number of nitrogens with zero attached hydrogens (tertiary/aromatic N) is 4. The van der Waals surface area contributed by atoms with E-state index in [4.69, 9.17) is 0 Å². The minimum absolute atomic E-state index is 0.0167. The lowest BCUT2D eigenvalue weighted by atomic mass is 9.97. The van der Waals surface area contributed by atoms with Gasteiger partial charge in [-0.05, 0) is 38.8 Å². The number of aromatic nitrogens is 2. The highest BCUT2D eigenvalue weighted by molar-refractivity contribution is 5.79. The summed E-state index contributed by atoms with van der Waals surface area (Å²) in [5.74, 6) is 0.123. The smallest absolute Gasteiger partial charge is 0.268 e. The van der Waals surface area contributed by atoms with Gasteiger partial charge in [-0.2, -0.15) is 5.10 Å². The molecule has 0 radical (unpaired) electrons. The van der Waals surface area contributed by atoms with E-state index in [9.17, 15) is 9.59 Å². The zero-order chi connectivity index (χ0) is 18.4. The maximum Gasteiger partial charge on any atom is 0.268 e. The van der Waals surface area contributed by atoms with Crippen molar-refractivity contribution in [1.29, 1.82) is 0 Å². The monoisotopic (exact) mass is 361 g/mol. The number of amides is 1. The third-order valence-electron chi connectivity index (χ3n) is 5.54.